The van der Waals surface area contributed by atoms with Crippen LogP contribution >= 0.6 is 11.8 Å². The Labute approximate surface area is 136 Å². The first-order chi connectivity index (χ1) is 10.5. The molecule has 0 atom stereocenters. The number of nitrogens with two attached hydrogens (primary N) is 1. The zero-order chi connectivity index (χ0) is 16.1. The molecule has 5 heteroatoms. The van der Waals surface area contributed by atoms with Gasteiger partial charge in [-0.1, -0.05) is 23.8 Å². The Bertz CT molecular complexity index is 552. The number of likely N-dealkylation sites (tertiary alicyclic amines) is 1. The van der Waals surface area contributed by atoms with Crippen molar-refractivity contribution in [2.45, 2.75) is 32.4 Å². The van der Waals surface area contributed by atoms with Crippen LogP contribution in [0.5, 0.6) is 0 Å². The van der Waals surface area contributed by atoms with Crippen molar-refractivity contribution in [3.8, 4) is 0 Å². The lowest BCUT2D eigenvalue weighted by Crippen LogP contribution is -2.42. The summed E-state index contributed by atoms with van der Waals surface area (Å²) in [4.78, 5) is 25.2. The number of piperidine rings is 1. The van der Waals surface area contributed by atoms with E-state index in [1.54, 1.807) is 11.8 Å². The van der Waals surface area contributed by atoms with Gasteiger partial charge in [0.15, 0.2) is 0 Å². The van der Waals surface area contributed by atoms with E-state index in [1.165, 1.54) is 16.7 Å². The Kier molecular flexibility index (Phi) is 5.89. The Balaban J connectivity index is 1.76. The first-order valence-corrected chi connectivity index (χ1v) is 8.84. The molecule has 0 bridgehead atoms. The summed E-state index contributed by atoms with van der Waals surface area (Å²) in [5.74, 6) is 1.22. The van der Waals surface area contributed by atoms with E-state index in [4.69, 9.17) is 5.73 Å². The van der Waals surface area contributed by atoms with Crippen LogP contribution in [-0.4, -0.2) is 35.6 Å². The average molecular weight is 320 g/mol. The van der Waals surface area contributed by atoms with Gasteiger partial charge in [-0.3, -0.25) is 9.59 Å². The Morgan fingerprint density at radius 3 is 2.59 bits per heavy atom. The Hall–Kier alpha value is -1.49. The van der Waals surface area contributed by atoms with Crippen molar-refractivity contribution in [1.29, 1.82) is 0 Å². The van der Waals surface area contributed by atoms with E-state index in [-0.39, 0.29) is 17.7 Å². The number of carbonyl (C=O) groups excluding carboxylic acids is 2. The summed E-state index contributed by atoms with van der Waals surface area (Å²) in [6.45, 7) is 5.49. The maximum absolute atomic E-state index is 12.2. The molecule has 1 aromatic rings. The lowest BCUT2D eigenvalue weighted by molar-refractivity contribution is -0.132. The Morgan fingerprint density at radius 2 is 1.95 bits per heavy atom. The highest BCUT2D eigenvalue weighted by molar-refractivity contribution is 7.99. The van der Waals surface area contributed by atoms with Crippen LogP contribution < -0.4 is 5.73 Å². The molecule has 2 rings (SSSR count). The normalized spacial score (nSPS) is 15.8. The number of hydrogen-bond donors (Lipinski definition) is 1. The van der Waals surface area contributed by atoms with Gasteiger partial charge in [0.1, 0.15) is 0 Å². The second-order valence-electron chi connectivity index (χ2n) is 5.98. The fourth-order valence-electron chi connectivity index (χ4n) is 2.71. The predicted octanol–water partition coefficient (Wildman–Crippen LogP) is 2.26. The summed E-state index contributed by atoms with van der Waals surface area (Å²) in [6.07, 6.45) is 1.39. The van der Waals surface area contributed by atoms with Gasteiger partial charge in [-0.15, -0.1) is 11.8 Å². The largest absolute Gasteiger partial charge is 0.369 e. The monoisotopic (exact) mass is 320 g/mol. The average Bonchev–Trinajstić information content (AvgIpc) is 2.50. The van der Waals surface area contributed by atoms with Crippen LogP contribution in [0.3, 0.4) is 0 Å². The van der Waals surface area contributed by atoms with E-state index in [0.717, 1.165) is 5.75 Å². The van der Waals surface area contributed by atoms with Gasteiger partial charge in [0.05, 0.1) is 5.75 Å². The number of amides is 2. The molecule has 0 aromatic heterocycles. The Morgan fingerprint density at radius 1 is 1.27 bits per heavy atom. The second kappa shape index (κ2) is 7.68. The van der Waals surface area contributed by atoms with Gasteiger partial charge in [-0.25, -0.2) is 0 Å². The molecule has 0 unspecified atom stereocenters. The number of carbonyl (C=O) groups is 2. The minimum absolute atomic E-state index is 0.0633. The van der Waals surface area contributed by atoms with Crippen molar-refractivity contribution in [3.63, 3.8) is 0 Å². The lowest BCUT2D eigenvalue weighted by atomic mass is 9.96. The van der Waals surface area contributed by atoms with Crippen molar-refractivity contribution in [1.82, 2.24) is 4.90 Å². The molecule has 120 valence electrons. The highest BCUT2D eigenvalue weighted by Gasteiger charge is 2.25. The van der Waals surface area contributed by atoms with E-state index < -0.39 is 0 Å². The zero-order valence-corrected chi connectivity index (χ0v) is 14.1. The summed E-state index contributed by atoms with van der Waals surface area (Å²) in [6, 6.07) is 6.42. The maximum Gasteiger partial charge on any atom is 0.232 e. The highest BCUT2D eigenvalue weighted by Crippen LogP contribution is 2.20. The van der Waals surface area contributed by atoms with Crippen molar-refractivity contribution < 1.29 is 9.59 Å². The van der Waals surface area contributed by atoms with Crippen LogP contribution in [0.4, 0.5) is 0 Å². The van der Waals surface area contributed by atoms with E-state index in [2.05, 4.69) is 32.0 Å². The van der Waals surface area contributed by atoms with Gasteiger partial charge in [0.25, 0.3) is 0 Å². The van der Waals surface area contributed by atoms with Crippen LogP contribution in [0.2, 0.25) is 0 Å². The minimum atomic E-state index is -0.239. The van der Waals surface area contributed by atoms with Crippen molar-refractivity contribution in [2.24, 2.45) is 11.7 Å². The molecule has 1 aliphatic heterocycles. The fourth-order valence-corrected chi connectivity index (χ4v) is 3.70. The number of primary amides is 1. The molecule has 0 spiro atoms. The summed E-state index contributed by atoms with van der Waals surface area (Å²) in [5, 5.41) is 0. The molecule has 0 radical (unpaired) electrons. The van der Waals surface area contributed by atoms with E-state index >= 15 is 0 Å². The van der Waals surface area contributed by atoms with Crippen molar-refractivity contribution in [3.05, 3.63) is 34.9 Å². The van der Waals surface area contributed by atoms with Crippen LogP contribution in [0.1, 0.15) is 29.5 Å². The number of hydrogen-bond acceptors (Lipinski definition) is 3. The molecule has 22 heavy (non-hydrogen) atoms. The zero-order valence-electron chi connectivity index (χ0n) is 13.3. The maximum atomic E-state index is 12.2. The summed E-state index contributed by atoms with van der Waals surface area (Å²) in [7, 11) is 0. The van der Waals surface area contributed by atoms with Crippen molar-refractivity contribution in [2.75, 3.05) is 18.8 Å². The van der Waals surface area contributed by atoms with Gasteiger partial charge in [-0.05, 0) is 37.8 Å². The van der Waals surface area contributed by atoms with Crippen LogP contribution in [0, 0.1) is 19.8 Å². The van der Waals surface area contributed by atoms with Gasteiger partial charge in [0.2, 0.25) is 11.8 Å². The van der Waals surface area contributed by atoms with E-state index in [9.17, 15) is 9.59 Å². The molecule has 1 saturated heterocycles. The predicted molar refractivity (Wildman–Crippen MR) is 90.6 cm³/mol. The van der Waals surface area contributed by atoms with Crippen LogP contribution in [0.15, 0.2) is 18.2 Å². The molecule has 2 N–H and O–H groups in total. The molecular weight excluding hydrogens is 296 g/mol. The SMILES string of the molecule is Cc1ccc(C)c(CSCC(=O)N2CCC(C(N)=O)CC2)c1. The molecule has 4 nitrogen and oxygen atoms in total. The number of thioether (sulfide) groups is 1. The molecule has 1 fully saturated rings. The van der Waals surface area contributed by atoms with Gasteiger partial charge in [0, 0.05) is 24.8 Å². The molecule has 0 saturated carbocycles. The quantitative estimate of drug-likeness (QED) is 0.905. The third-order valence-electron chi connectivity index (χ3n) is 4.24. The molecular formula is C17H24N2O2S. The number of aryl methyl sites for hydroxylation is 2. The molecule has 1 aliphatic rings. The third kappa shape index (κ3) is 4.50. The van der Waals surface area contributed by atoms with Gasteiger partial charge < -0.3 is 10.6 Å². The smallest absolute Gasteiger partial charge is 0.232 e. The number of benzene rings is 1. The highest BCUT2D eigenvalue weighted by atomic mass is 32.2. The third-order valence-corrected chi connectivity index (χ3v) is 5.20. The topological polar surface area (TPSA) is 63.4 Å². The number of nitrogens with zero attached hydrogens (tertiary/aromatic N) is 1. The van der Waals surface area contributed by atoms with Crippen LogP contribution in [0.25, 0.3) is 0 Å². The second-order valence-corrected chi connectivity index (χ2v) is 6.97. The van der Waals surface area contributed by atoms with E-state index in [0.29, 0.717) is 31.7 Å². The lowest BCUT2D eigenvalue weighted by Gasteiger charge is -2.30. The first-order valence-electron chi connectivity index (χ1n) is 7.68. The standard InChI is InChI=1S/C17H24N2O2S/c1-12-3-4-13(2)15(9-12)10-22-11-16(20)19-7-5-14(6-8-19)17(18)21/h3-4,9,14H,5-8,10-11H2,1-2H3,(H2,18,21). The molecule has 1 aromatic carbocycles. The summed E-state index contributed by atoms with van der Waals surface area (Å²) in [5.41, 5.74) is 9.13. The summed E-state index contributed by atoms with van der Waals surface area (Å²) >= 11 is 1.66. The van der Waals surface area contributed by atoms with Crippen LogP contribution in [-0.2, 0) is 15.3 Å². The van der Waals surface area contributed by atoms with Crippen molar-refractivity contribution >= 4 is 23.6 Å². The minimum Gasteiger partial charge on any atom is -0.369 e. The molecule has 1 heterocycles. The molecule has 0 aliphatic carbocycles. The molecule has 2 amide bonds. The van der Waals surface area contributed by atoms with Gasteiger partial charge in [-0.2, -0.15) is 0 Å². The summed E-state index contributed by atoms with van der Waals surface area (Å²) < 4.78 is 0. The van der Waals surface area contributed by atoms with E-state index in [1.807, 2.05) is 4.90 Å². The first kappa shape index (κ1) is 16.9. The fraction of sp³-hybridized carbons (Fsp3) is 0.529. The van der Waals surface area contributed by atoms with Gasteiger partial charge >= 0.3 is 0 Å². The number of rotatable bonds is 5.